The number of rotatable bonds is 5. The van der Waals surface area contributed by atoms with E-state index >= 15 is 0 Å². The lowest BCUT2D eigenvalue weighted by Gasteiger charge is -2.35. The molecule has 2 amide bonds. The van der Waals surface area contributed by atoms with Crippen molar-refractivity contribution >= 4 is 23.2 Å². The Morgan fingerprint density at radius 2 is 2.12 bits per heavy atom. The van der Waals surface area contributed by atoms with Crippen molar-refractivity contribution in [1.82, 2.24) is 14.8 Å². The molecule has 0 N–H and O–H groups in total. The summed E-state index contributed by atoms with van der Waals surface area (Å²) >= 11 is 1.26. The van der Waals surface area contributed by atoms with Gasteiger partial charge in [0.05, 0.1) is 25.3 Å². The summed E-state index contributed by atoms with van der Waals surface area (Å²) in [5, 5.41) is 0.492. The van der Waals surface area contributed by atoms with Crippen LogP contribution in [-0.4, -0.2) is 73.1 Å². The van der Waals surface area contributed by atoms with Crippen LogP contribution in [0.4, 0.5) is 0 Å². The van der Waals surface area contributed by atoms with Crippen LogP contribution in [0, 0.1) is 12.8 Å². The van der Waals surface area contributed by atoms with Gasteiger partial charge in [-0.05, 0) is 19.8 Å². The van der Waals surface area contributed by atoms with E-state index in [2.05, 4.69) is 4.98 Å². The molecule has 0 unspecified atom stereocenters. The first-order valence-electron chi connectivity index (χ1n) is 8.15. The van der Waals surface area contributed by atoms with E-state index in [1.807, 2.05) is 16.7 Å². The third kappa shape index (κ3) is 3.12. The molecule has 2 atom stereocenters. The first-order chi connectivity index (χ1) is 11.5. The average molecular weight is 353 g/mol. The lowest BCUT2D eigenvalue weighted by atomic mass is 9.94. The molecule has 1 aromatic rings. The van der Waals surface area contributed by atoms with Gasteiger partial charge in [0.25, 0.3) is 11.1 Å². The van der Waals surface area contributed by atoms with E-state index in [1.165, 1.54) is 11.3 Å². The highest BCUT2D eigenvalue weighted by Crippen LogP contribution is 2.32. The molecule has 0 radical (unpaired) electrons. The van der Waals surface area contributed by atoms with Gasteiger partial charge in [-0.15, -0.1) is 0 Å². The molecule has 8 heteroatoms. The third-order valence-corrected chi connectivity index (χ3v) is 5.87. The number of methoxy groups -OCH3 is 2. The van der Waals surface area contributed by atoms with Crippen LogP contribution < -0.4 is 4.74 Å². The molecule has 24 heavy (non-hydrogen) atoms. The molecule has 3 fully saturated rings. The Morgan fingerprint density at radius 3 is 2.79 bits per heavy atom. The molecular formula is C16H23N3O4S. The fourth-order valence-corrected chi connectivity index (χ4v) is 4.34. The van der Waals surface area contributed by atoms with E-state index in [0.717, 1.165) is 12.8 Å². The summed E-state index contributed by atoms with van der Waals surface area (Å²) in [5.41, 5.74) is 0.681. The number of amides is 2. The Hall–Kier alpha value is -1.67. The van der Waals surface area contributed by atoms with Crippen LogP contribution in [0.15, 0.2) is 0 Å². The Kier molecular flexibility index (Phi) is 5.05. The second kappa shape index (κ2) is 7.06. The topological polar surface area (TPSA) is 72.0 Å². The van der Waals surface area contributed by atoms with Gasteiger partial charge in [-0.25, -0.2) is 4.98 Å². The van der Waals surface area contributed by atoms with Gasteiger partial charge in [-0.1, -0.05) is 11.3 Å². The Labute approximate surface area is 145 Å². The molecule has 132 valence electrons. The van der Waals surface area contributed by atoms with E-state index in [9.17, 15) is 9.59 Å². The van der Waals surface area contributed by atoms with Gasteiger partial charge in [0.2, 0.25) is 5.91 Å². The standard InChI is InChI=1S/C16H23N3O4S/c1-10-13(24-16(17-10)23-3)15(21)18-8-11-4-5-12(9-18)19(14(11)20)6-7-22-2/h11-12H,4-9H2,1-3H3/t11-,12+/m0/s1. The van der Waals surface area contributed by atoms with Crippen molar-refractivity contribution in [2.24, 2.45) is 5.92 Å². The molecule has 3 aliphatic heterocycles. The van der Waals surface area contributed by atoms with Gasteiger partial charge < -0.3 is 19.3 Å². The number of aromatic nitrogens is 1. The zero-order chi connectivity index (χ0) is 17.3. The summed E-state index contributed by atoms with van der Waals surface area (Å²) in [6.45, 7) is 3.98. The molecule has 1 aromatic heterocycles. The summed E-state index contributed by atoms with van der Waals surface area (Å²) in [4.78, 5) is 34.1. The molecule has 0 aliphatic carbocycles. The normalized spacial score (nSPS) is 23.5. The van der Waals surface area contributed by atoms with Gasteiger partial charge >= 0.3 is 0 Å². The molecule has 7 nitrogen and oxygen atoms in total. The smallest absolute Gasteiger partial charge is 0.273 e. The van der Waals surface area contributed by atoms with E-state index < -0.39 is 0 Å². The van der Waals surface area contributed by atoms with Gasteiger partial charge in [-0.3, -0.25) is 9.59 Å². The lowest BCUT2D eigenvalue weighted by Crippen LogP contribution is -2.49. The second-order valence-electron chi connectivity index (χ2n) is 6.26. The molecule has 2 bridgehead atoms. The van der Waals surface area contributed by atoms with Crippen LogP contribution in [0.25, 0.3) is 0 Å². The summed E-state index contributed by atoms with van der Waals surface area (Å²) in [5.74, 6) is -0.0107. The van der Waals surface area contributed by atoms with Crippen molar-refractivity contribution in [3.05, 3.63) is 10.6 Å². The van der Waals surface area contributed by atoms with Crippen molar-refractivity contribution in [2.45, 2.75) is 25.8 Å². The van der Waals surface area contributed by atoms with E-state index in [-0.39, 0.29) is 23.8 Å². The minimum atomic E-state index is -0.111. The predicted octanol–water partition coefficient (Wildman–Crippen LogP) is 1.17. The minimum Gasteiger partial charge on any atom is -0.473 e. The summed E-state index contributed by atoms with van der Waals surface area (Å²) in [7, 11) is 3.18. The van der Waals surface area contributed by atoms with Crippen LogP contribution in [0.5, 0.6) is 5.19 Å². The quantitative estimate of drug-likeness (QED) is 0.795. The van der Waals surface area contributed by atoms with E-state index in [1.54, 1.807) is 14.2 Å². The molecule has 0 spiro atoms. The van der Waals surface area contributed by atoms with Crippen LogP contribution in [0.1, 0.15) is 28.2 Å². The summed E-state index contributed by atoms with van der Waals surface area (Å²) in [6.07, 6.45) is 1.79. The Morgan fingerprint density at radius 1 is 1.33 bits per heavy atom. The highest BCUT2D eigenvalue weighted by atomic mass is 32.1. The maximum absolute atomic E-state index is 12.9. The lowest BCUT2D eigenvalue weighted by molar-refractivity contribution is -0.140. The number of nitrogens with zero attached hydrogens (tertiary/aromatic N) is 3. The maximum Gasteiger partial charge on any atom is 0.273 e. The van der Waals surface area contributed by atoms with Crippen molar-refractivity contribution in [2.75, 3.05) is 40.5 Å². The zero-order valence-corrected chi connectivity index (χ0v) is 15.1. The average Bonchev–Trinajstić information content (AvgIpc) is 2.76. The van der Waals surface area contributed by atoms with Crippen LogP contribution in [0.2, 0.25) is 0 Å². The number of hydrogen-bond acceptors (Lipinski definition) is 6. The van der Waals surface area contributed by atoms with Crippen LogP contribution in [-0.2, 0) is 9.53 Å². The molecule has 4 rings (SSSR count). The first-order valence-corrected chi connectivity index (χ1v) is 8.97. The predicted molar refractivity (Wildman–Crippen MR) is 89.4 cm³/mol. The molecule has 0 aromatic carbocycles. The number of piperidine rings is 1. The molecule has 4 heterocycles. The number of hydrogen-bond donors (Lipinski definition) is 0. The maximum atomic E-state index is 12.9. The second-order valence-corrected chi connectivity index (χ2v) is 7.22. The molecular weight excluding hydrogens is 330 g/mol. The van der Waals surface area contributed by atoms with Crippen molar-refractivity contribution in [3.63, 3.8) is 0 Å². The summed E-state index contributed by atoms with van der Waals surface area (Å²) in [6, 6.07) is 0.0745. The van der Waals surface area contributed by atoms with Gasteiger partial charge in [0.1, 0.15) is 4.88 Å². The van der Waals surface area contributed by atoms with Crippen LogP contribution >= 0.6 is 11.3 Å². The van der Waals surface area contributed by atoms with Crippen molar-refractivity contribution < 1.29 is 19.1 Å². The SMILES string of the molecule is COCCN1C(=O)[C@H]2CC[C@@H]1CN(C(=O)c1sc(OC)nc1C)C2. The van der Waals surface area contributed by atoms with E-state index in [0.29, 0.717) is 42.0 Å². The highest BCUT2D eigenvalue weighted by Gasteiger charge is 2.42. The fraction of sp³-hybridized carbons (Fsp3) is 0.688. The number of fused-ring (bicyclic) bond motifs is 4. The molecule has 3 aliphatic rings. The summed E-state index contributed by atoms with van der Waals surface area (Å²) < 4.78 is 10.3. The highest BCUT2D eigenvalue weighted by molar-refractivity contribution is 7.15. The molecule has 0 saturated carbocycles. The number of aryl methyl sites for hydroxylation is 1. The van der Waals surface area contributed by atoms with Crippen LogP contribution in [0.3, 0.4) is 0 Å². The van der Waals surface area contributed by atoms with Crippen molar-refractivity contribution in [3.8, 4) is 5.19 Å². The number of thiazole rings is 1. The number of carbonyl (C=O) groups is 2. The van der Waals surface area contributed by atoms with E-state index in [4.69, 9.17) is 9.47 Å². The Bertz CT molecular complexity index is 633. The van der Waals surface area contributed by atoms with Gasteiger partial charge in [0.15, 0.2) is 0 Å². The van der Waals surface area contributed by atoms with Crippen molar-refractivity contribution in [1.29, 1.82) is 0 Å². The third-order valence-electron chi connectivity index (χ3n) is 4.76. The minimum absolute atomic E-state index is 0.0495. The Balaban J connectivity index is 1.79. The molecule has 3 saturated heterocycles. The van der Waals surface area contributed by atoms with Gasteiger partial charge in [0, 0.05) is 32.8 Å². The first kappa shape index (κ1) is 17.2. The zero-order valence-electron chi connectivity index (χ0n) is 14.3. The largest absolute Gasteiger partial charge is 0.473 e. The fourth-order valence-electron chi connectivity index (χ4n) is 3.49. The van der Waals surface area contributed by atoms with Gasteiger partial charge in [-0.2, -0.15) is 0 Å². The monoisotopic (exact) mass is 353 g/mol. The number of carbonyl (C=O) groups excluding carboxylic acids is 2. The number of ether oxygens (including phenoxy) is 2.